The summed E-state index contributed by atoms with van der Waals surface area (Å²) in [5, 5.41) is 5.04. The Morgan fingerprint density at radius 1 is 1.10 bits per heavy atom. The Bertz CT molecular complexity index is 617. The first-order valence-corrected chi connectivity index (χ1v) is 6.17. The fourth-order valence-corrected chi connectivity index (χ4v) is 1.71. The Morgan fingerprint density at radius 2 is 1.80 bits per heavy atom. The van der Waals surface area contributed by atoms with E-state index in [1.54, 1.807) is 12.1 Å². The Hall–Kier alpha value is -2.14. The molecule has 104 valence electrons. The fraction of sp³-hybridized carbons (Fsp3) is 0.0714. The molecule has 0 bridgehead atoms. The number of anilines is 1. The third kappa shape index (κ3) is 3.93. The summed E-state index contributed by atoms with van der Waals surface area (Å²) in [6.45, 7) is 0.251. The van der Waals surface area contributed by atoms with Crippen molar-refractivity contribution in [2.45, 2.75) is 6.54 Å². The molecule has 0 unspecified atom stereocenters. The number of urea groups is 1. The average Bonchev–Trinajstić information content (AvgIpc) is 2.42. The van der Waals surface area contributed by atoms with Crippen LogP contribution in [-0.2, 0) is 6.54 Å². The number of carbonyl (C=O) groups is 1. The van der Waals surface area contributed by atoms with Gasteiger partial charge in [0.2, 0.25) is 0 Å². The van der Waals surface area contributed by atoms with E-state index in [0.29, 0.717) is 5.69 Å². The molecule has 0 aliphatic carbocycles. The minimum atomic E-state index is -0.552. The average molecular weight is 297 g/mol. The van der Waals surface area contributed by atoms with Gasteiger partial charge < -0.3 is 10.6 Å². The topological polar surface area (TPSA) is 41.1 Å². The molecule has 6 heteroatoms. The first-order valence-electron chi connectivity index (χ1n) is 5.79. The molecular weight excluding hydrogens is 286 g/mol. The van der Waals surface area contributed by atoms with Crippen molar-refractivity contribution in [3.63, 3.8) is 0 Å². The van der Waals surface area contributed by atoms with E-state index in [1.165, 1.54) is 24.3 Å². The summed E-state index contributed by atoms with van der Waals surface area (Å²) in [7, 11) is 0. The van der Waals surface area contributed by atoms with Crippen LogP contribution >= 0.6 is 11.6 Å². The summed E-state index contributed by atoms with van der Waals surface area (Å²) < 4.78 is 25.6. The van der Waals surface area contributed by atoms with Gasteiger partial charge in [-0.3, -0.25) is 0 Å². The lowest BCUT2D eigenvalue weighted by molar-refractivity contribution is 0.251. The molecule has 2 aromatic carbocycles. The van der Waals surface area contributed by atoms with E-state index < -0.39 is 11.8 Å². The van der Waals surface area contributed by atoms with Crippen molar-refractivity contribution in [3.8, 4) is 0 Å². The molecule has 0 spiro atoms. The fourth-order valence-electron chi connectivity index (χ4n) is 1.53. The highest BCUT2D eigenvalue weighted by Gasteiger charge is 2.05. The second kappa shape index (κ2) is 6.34. The molecule has 3 nitrogen and oxygen atoms in total. The molecule has 0 atom stereocenters. The lowest BCUT2D eigenvalue weighted by atomic mass is 10.2. The third-order valence-corrected chi connectivity index (χ3v) is 2.83. The minimum absolute atomic E-state index is 0.0682. The predicted octanol–water partition coefficient (Wildman–Crippen LogP) is 3.94. The lowest BCUT2D eigenvalue weighted by Gasteiger charge is -2.08. The highest BCUT2D eigenvalue weighted by atomic mass is 35.5. The molecule has 0 fully saturated rings. The number of hydrogen-bond donors (Lipinski definition) is 2. The van der Waals surface area contributed by atoms with Crippen LogP contribution < -0.4 is 10.6 Å². The molecule has 2 aromatic rings. The van der Waals surface area contributed by atoms with Crippen LogP contribution in [0.25, 0.3) is 0 Å². The molecule has 0 saturated heterocycles. The second-order valence-electron chi connectivity index (χ2n) is 4.06. The van der Waals surface area contributed by atoms with Crippen LogP contribution in [0, 0.1) is 11.6 Å². The Morgan fingerprint density at radius 3 is 2.45 bits per heavy atom. The van der Waals surface area contributed by atoms with Crippen molar-refractivity contribution < 1.29 is 13.6 Å². The molecule has 0 aromatic heterocycles. The van der Waals surface area contributed by atoms with E-state index in [9.17, 15) is 13.6 Å². The number of benzene rings is 2. The summed E-state index contributed by atoms with van der Waals surface area (Å²) >= 11 is 5.60. The van der Waals surface area contributed by atoms with Gasteiger partial charge in [-0.15, -0.1) is 0 Å². The Kier molecular flexibility index (Phi) is 4.53. The molecule has 0 aliphatic rings. The quantitative estimate of drug-likeness (QED) is 0.885. The SMILES string of the molecule is O=C(NCc1ccc(F)cc1)Nc1ccc(F)c(Cl)c1. The number of hydrogen-bond acceptors (Lipinski definition) is 1. The lowest BCUT2D eigenvalue weighted by Crippen LogP contribution is -2.28. The second-order valence-corrected chi connectivity index (χ2v) is 4.47. The van der Waals surface area contributed by atoms with Crippen LogP contribution in [0.5, 0.6) is 0 Å². The molecule has 2 N–H and O–H groups in total. The van der Waals surface area contributed by atoms with Crippen molar-refractivity contribution in [1.29, 1.82) is 0 Å². The summed E-state index contributed by atoms with van der Waals surface area (Å²) in [5.41, 5.74) is 1.15. The van der Waals surface area contributed by atoms with Crippen molar-refractivity contribution >= 4 is 23.3 Å². The van der Waals surface area contributed by atoms with Crippen LogP contribution in [-0.4, -0.2) is 6.03 Å². The van der Waals surface area contributed by atoms with Gasteiger partial charge in [-0.05, 0) is 35.9 Å². The zero-order valence-electron chi connectivity index (χ0n) is 10.3. The first kappa shape index (κ1) is 14.3. The number of carbonyl (C=O) groups excluding carboxylic acids is 1. The summed E-state index contributed by atoms with van der Waals surface area (Å²) in [4.78, 5) is 11.6. The van der Waals surface area contributed by atoms with Gasteiger partial charge in [0, 0.05) is 12.2 Å². The molecule has 0 aliphatic heterocycles. The normalized spacial score (nSPS) is 10.2. The van der Waals surface area contributed by atoms with Crippen molar-refractivity contribution in [2.24, 2.45) is 0 Å². The molecule has 2 rings (SSSR count). The van der Waals surface area contributed by atoms with Gasteiger partial charge in [-0.1, -0.05) is 23.7 Å². The first-order chi connectivity index (χ1) is 9.54. The maximum atomic E-state index is 12.9. The smallest absolute Gasteiger partial charge is 0.319 e. The van der Waals surface area contributed by atoms with Gasteiger partial charge >= 0.3 is 6.03 Å². The highest BCUT2D eigenvalue weighted by molar-refractivity contribution is 6.31. The Labute approximate surface area is 119 Å². The van der Waals surface area contributed by atoms with E-state index in [2.05, 4.69) is 10.6 Å². The summed E-state index contributed by atoms with van der Waals surface area (Å²) in [6, 6.07) is 9.19. The zero-order valence-corrected chi connectivity index (χ0v) is 11.0. The van der Waals surface area contributed by atoms with Gasteiger partial charge in [-0.2, -0.15) is 0 Å². The largest absolute Gasteiger partial charge is 0.334 e. The van der Waals surface area contributed by atoms with E-state index in [4.69, 9.17) is 11.6 Å². The molecule has 20 heavy (non-hydrogen) atoms. The molecular formula is C14H11ClF2N2O. The zero-order chi connectivity index (χ0) is 14.5. The van der Waals surface area contributed by atoms with Crippen molar-refractivity contribution in [3.05, 3.63) is 64.7 Å². The summed E-state index contributed by atoms with van der Waals surface area (Å²) in [6.07, 6.45) is 0. The van der Waals surface area contributed by atoms with E-state index >= 15 is 0 Å². The highest BCUT2D eigenvalue weighted by Crippen LogP contribution is 2.19. The monoisotopic (exact) mass is 296 g/mol. The van der Waals surface area contributed by atoms with Gasteiger partial charge in [0.05, 0.1) is 5.02 Å². The van der Waals surface area contributed by atoms with E-state index in [-0.39, 0.29) is 17.4 Å². The molecule has 0 radical (unpaired) electrons. The molecule has 0 heterocycles. The van der Waals surface area contributed by atoms with E-state index in [1.807, 2.05) is 0 Å². The molecule has 0 saturated carbocycles. The standard InChI is InChI=1S/C14H11ClF2N2O/c15-12-7-11(5-6-13(12)17)19-14(20)18-8-9-1-3-10(16)4-2-9/h1-7H,8H2,(H2,18,19,20). The van der Waals surface area contributed by atoms with Gasteiger partial charge in [0.15, 0.2) is 0 Å². The maximum Gasteiger partial charge on any atom is 0.319 e. The van der Waals surface area contributed by atoms with Gasteiger partial charge in [0.1, 0.15) is 11.6 Å². The van der Waals surface area contributed by atoms with Gasteiger partial charge in [-0.25, -0.2) is 13.6 Å². The molecule has 2 amide bonds. The van der Waals surface area contributed by atoms with Crippen molar-refractivity contribution in [1.82, 2.24) is 5.32 Å². The van der Waals surface area contributed by atoms with Crippen molar-refractivity contribution in [2.75, 3.05) is 5.32 Å². The minimum Gasteiger partial charge on any atom is -0.334 e. The third-order valence-electron chi connectivity index (χ3n) is 2.54. The number of rotatable bonds is 3. The van der Waals surface area contributed by atoms with Crippen LogP contribution in [0.4, 0.5) is 19.3 Å². The van der Waals surface area contributed by atoms with Gasteiger partial charge in [0.25, 0.3) is 0 Å². The van der Waals surface area contributed by atoms with Crippen LogP contribution in [0.3, 0.4) is 0 Å². The van der Waals surface area contributed by atoms with Crippen LogP contribution in [0.2, 0.25) is 5.02 Å². The van der Waals surface area contributed by atoms with Crippen LogP contribution in [0.1, 0.15) is 5.56 Å². The number of nitrogens with one attached hydrogen (secondary N) is 2. The number of amides is 2. The maximum absolute atomic E-state index is 12.9. The van der Waals surface area contributed by atoms with Crippen LogP contribution in [0.15, 0.2) is 42.5 Å². The number of halogens is 3. The predicted molar refractivity (Wildman–Crippen MR) is 73.7 cm³/mol. The van der Waals surface area contributed by atoms with E-state index in [0.717, 1.165) is 11.6 Å². The summed E-state index contributed by atoms with van der Waals surface area (Å²) in [5.74, 6) is -0.886. The Balaban J connectivity index is 1.89.